The topological polar surface area (TPSA) is 49.5 Å². The van der Waals surface area contributed by atoms with Gasteiger partial charge in [-0.15, -0.1) is 0 Å². The molecule has 1 fully saturated rings. The first-order valence-electron chi connectivity index (χ1n) is 6.89. The fraction of sp³-hybridized carbons (Fsp3) is 0.600. The molecule has 2 rings (SSSR count). The van der Waals surface area contributed by atoms with E-state index in [1.807, 2.05) is 13.0 Å². The molecule has 0 spiro atoms. The molecular formula is C15H24N2O. The quantitative estimate of drug-likeness (QED) is 0.851. The molecule has 1 aromatic rings. The number of rotatable bonds is 4. The lowest BCUT2D eigenvalue weighted by Gasteiger charge is -2.38. The van der Waals surface area contributed by atoms with Crippen LogP contribution < -0.4 is 5.73 Å². The summed E-state index contributed by atoms with van der Waals surface area (Å²) < 4.78 is 0. The third-order valence-corrected chi connectivity index (χ3v) is 3.80. The Morgan fingerprint density at radius 1 is 1.33 bits per heavy atom. The molecule has 3 N–H and O–H groups in total. The Morgan fingerprint density at radius 3 is 2.72 bits per heavy atom. The summed E-state index contributed by atoms with van der Waals surface area (Å²) in [5.41, 5.74) is 7.42. The second-order valence-electron chi connectivity index (χ2n) is 5.41. The number of aliphatic hydroxyl groups is 1. The van der Waals surface area contributed by atoms with E-state index in [2.05, 4.69) is 29.2 Å². The fourth-order valence-corrected chi connectivity index (χ4v) is 2.86. The van der Waals surface area contributed by atoms with Crippen LogP contribution in [0.25, 0.3) is 0 Å². The van der Waals surface area contributed by atoms with Gasteiger partial charge in [0.15, 0.2) is 0 Å². The monoisotopic (exact) mass is 248 g/mol. The Hall–Kier alpha value is -0.900. The predicted molar refractivity (Wildman–Crippen MR) is 74.1 cm³/mol. The molecule has 0 amide bonds. The third-order valence-electron chi connectivity index (χ3n) is 3.80. The molecule has 0 aliphatic carbocycles. The standard InChI is InChI=1S/C15H24N2O/c1-2-15(18)13-8-14(16)11-17(10-13)9-12-6-4-3-5-7-12/h3-7,13-15,18H,2,8-11,16H2,1H3. The van der Waals surface area contributed by atoms with Crippen molar-refractivity contribution in [1.82, 2.24) is 4.90 Å². The van der Waals surface area contributed by atoms with Gasteiger partial charge in [-0.1, -0.05) is 37.3 Å². The van der Waals surface area contributed by atoms with Crippen molar-refractivity contribution < 1.29 is 5.11 Å². The Balaban J connectivity index is 1.96. The van der Waals surface area contributed by atoms with Crippen LogP contribution in [0.5, 0.6) is 0 Å². The molecule has 18 heavy (non-hydrogen) atoms. The average molecular weight is 248 g/mol. The van der Waals surface area contributed by atoms with Crippen LogP contribution in [0.1, 0.15) is 25.3 Å². The molecule has 1 saturated heterocycles. The van der Waals surface area contributed by atoms with E-state index in [9.17, 15) is 5.11 Å². The lowest BCUT2D eigenvalue weighted by molar-refractivity contribution is 0.0387. The summed E-state index contributed by atoms with van der Waals surface area (Å²) in [7, 11) is 0. The zero-order chi connectivity index (χ0) is 13.0. The molecule has 3 nitrogen and oxygen atoms in total. The van der Waals surface area contributed by atoms with Crippen LogP contribution in [0.15, 0.2) is 30.3 Å². The maximum absolute atomic E-state index is 10.0. The van der Waals surface area contributed by atoms with Gasteiger partial charge in [0.2, 0.25) is 0 Å². The van der Waals surface area contributed by atoms with Crippen LogP contribution in [0.4, 0.5) is 0 Å². The first-order chi connectivity index (χ1) is 8.69. The molecule has 1 aliphatic heterocycles. The Labute approximate surface area is 110 Å². The van der Waals surface area contributed by atoms with Crippen molar-refractivity contribution in [2.45, 2.75) is 38.5 Å². The minimum absolute atomic E-state index is 0.189. The lowest BCUT2D eigenvalue weighted by atomic mass is 9.88. The summed E-state index contributed by atoms with van der Waals surface area (Å²) in [6, 6.07) is 10.6. The minimum atomic E-state index is -0.213. The van der Waals surface area contributed by atoms with Crippen LogP contribution >= 0.6 is 0 Å². The van der Waals surface area contributed by atoms with Gasteiger partial charge in [0.05, 0.1) is 6.10 Å². The Kier molecular flexibility index (Phi) is 4.75. The van der Waals surface area contributed by atoms with Crippen LogP contribution in [0.2, 0.25) is 0 Å². The first kappa shape index (κ1) is 13.5. The van der Waals surface area contributed by atoms with Crippen molar-refractivity contribution in [3.05, 3.63) is 35.9 Å². The zero-order valence-corrected chi connectivity index (χ0v) is 11.1. The number of piperidine rings is 1. The van der Waals surface area contributed by atoms with Crippen LogP contribution in [0, 0.1) is 5.92 Å². The van der Waals surface area contributed by atoms with Gasteiger partial charge >= 0.3 is 0 Å². The zero-order valence-electron chi connectivity index (χ0n) is 11.1. The normalized spacial score (nSPS) is 27.1. The number of nitrogens with two attached hydrogens (primary N) is 1. The highest BCUT2D eigenvalue weighted by molar-refractivity contribution is 5.14. The number of benzene rings is 1. The summed E-state index contributed by atoms with van der Waals surface area (Å²) in [5, 5.41) is 10.0. The van der Waals surface area contributed by atoms with Crippen LogP contribution in [0.3, 0.4) is 0 Å². The largest absolute Gasteiger partial charge is 0.393 e. The average Bonchev–Trinajstić information content (AvgIpc) is 2.38. The van der Waals surface area contributed by atoms with Gasteiger partial charge in [0.1, 0.15) is 0 Å². The van der Waals surface area contributed by atoms with E-state index in [0.717, 1.165) is 32.5 Å². The van der Waals surface area contributed by atoms with E-state index < -0.39 is 0 Å². The van der Waals surface area contributed by atoms with Gasteiger partial charge in [-0.3, -0.25) is 4.90 Å². The highest BCUT2D eigenvalue weighted by Gasteiger charge is 2.28. The molecule has 3 unspecified atom stereocenters. The van der Waals surface area contributed by atoms with E-state index in [1.165, 1.54) is 5.56 Å². The predicted octanol–water partition coefficient (Wildman–Crippen LogP) is 1.61. The molecule has 3 atom stereocenters. The van der Waals surface area contributed by atoms with Gasteiger partial charge in [-0.05, 0) is 24.3 Å². The summed E-state index contributed by atoms with van der Waals surface area (Å²) in [4.78, 5) is 2.37. The summed E-state index contributed by atoms with van der Waals surface area (Å²) in [6.45, 7) is 4.85. The number of aliphatic hydroxyl groups excluding tert-OH is 1. The van der Waals surface area contributed by atoms with Crippen molar-refractivity contribution in [1.29, 1.82) is 0 Å². The Morgan fingerprint density at radius 2 is 2.06 bits per heavy atom. The van der Waals surface area contributed by atoms with E-state index in [4.69, 9.17) is 5.73 Å². The molecule has 100 valence electrons. The number of nitrogens with zero attached hydrogens (tertiary/aromatic N) is 1. The maximum Gasteiger partial charge on any atom is 0.0578 e. The first-order valence-corrected chi connectivity index (χ1v) is 6.89. The van der Waals surface area contributed by atoms with E-state index in [0.29, 0.717) is 5.92 Å². The summed E-state index contributed by atoms with van der Waals surface area (Å²) in [6.07, 6.45) is 1.55. The van der Waals surface area contributed by atoms with Crippen molar-refractivity contribution >= 4 is 0 Å². The lowest BCUT2D eigenvalue weighted by Crippen LogP contribution is -2.49. The summed E-state index contributed by atoms with van der Waals surface area (Å²) in [5.74, 6) is 0.322. The maximum atomic E-state index is 10.0. The molecule has 0 bridgehead atoms. The highest BCUT2D eigenvalue weighted by Crippen LogP contribution is 2.22. The molecular weight excluding hydrogens is 224 g/mol. The van der Waals surface area contributed by atoms with Gasteiger partial charge in [0.25, 0.3) is 0 Å². The van der Waals surface area contributed by atoms with Crippen molar-refractivity contribution in [3.8, 4) is 0 Å². The van der Waals surface area contributed by atoms with Crippen molar-refractivity contribution in [2.24, 2.45) is 11.7 Å². The number of hydrogen-bond acceptors (Lipinski definition) is 3. The molecule has 0 saturated carbocycles. The van der Waals surface area contributed by atoms with E-state index in [1.54, 1.807) is 0 Å². The van der Waals surface area contributed by atoms with Crippen LogP contribution in [-0.4, -0.2) is 35.2 Å². The SMILES string of the molecule is CCC(O)C1CC(N)CN(Cc2ccccc2)C1. The smallest absolute Gasteiger partial charge is 0.0578 e. The second-order valence-corrected chi connectivity index (χ2v) is 5.41. The minimum Gasteiger partial charge on any atom is -0.393 e. The van der Waals surface area contributed by atoms with E-state index in [-0.39, 0.29) is 12.1 Å². The van der Waals surface area contributed by atoms with Crippen LogP contribution in [-0.2, 0) is 6.54 Å². The summed E-state index contributed by atoms with van der Waals surface area (Å²) >= 11 is 0. The molecule has 0 aromatic heterocycles. The van der Waals surface area contributed by atoms with Gasteiger partial charge < -0.3 is 10.8 Å². The van der Waals surface area contributed by atoms with Gasteiger partial charge in [-0.2, -0.15) is 0 Å². The molecule has 0 radical (unpaired) electrons. The second kappa shape index (κ2) is 6.32. The van der Waals surface area contributed by atoms with Gasteiger partial charge in [-0.25, -0.2) is 0 Å². The fourth-order valence-electron chi connectivity index (χ4n) is 2.86. The molecule has 1 aromatic carbocycles. The third kappa shape index (κ3) is 3.55. The molecule has 1 aliphatic rings. The number of hydrogen-bond donors (Lipinski definition) is 2. The Bertz CT molecular complexity index is 355. The van der Waals surface area contributed by atoms with Crippen molar-refractivity contribution in [2.75, 3.05) is 13.1 Å². The van der Waals surface area contributed by atoms with Gasteiger partial charge in [0, 0.05) is 25.7 Å². The molecule has 1 heterocycles. The highest BCUT2D eigenvalue weighted by atomic mass is 16.3. The van der Waals surface area contributed by atoms with Crippen molar-refractivity contribution in [3.63, 3.8) is 0 Å². The van der Waals surface area contributed by atoms with E-state index >= 15 is 0 Å². The number of likely N-dealkylation sites (tertiary alicyclic amines) is 1. The molecule has 3 heteroatoms.